The molecule has 3 heteroatoms. The molecular formula is C14H19NO2. The van der Waals surface area contributed by atoms with Crippen molar-refractivity contribution in [2.45, 2.75) is 39.2 Å². The van der Waals surface area contributed by atoms with Crippen molar-refractivity contribution in [1.29, 1.82) is 0 Å². The predicted octanol–water partition coefficient (Wildman–Crippen LogP) is 2.75. The molecule has 3 nitrogen and oxygen atoms in total. The maximum atomic E-state index is 10.8. The second kappa shape index (κ2) is 4.78. The van der Waals surface area contributed by atoms with Crippen LogP contribution >= 0.6 is 0 Å². The lowest BCUT2D eigenvalue weighted by atomic mass is 10.1. The number of aryl methyl sites for hydroxylation is 2. The smallest absolute Gasteiger partial charge is 0.305 e. The first-order valence-corrected chi connectivity index (χ1v) is 6.13. The van der Waals surface area contributed by atoms with Crippen LogP contribution < -0.4 is 4.90 Å². The number of hydrogen-bond acceptors (Lipinski definition) is 2. The van der Waals surface area contributed by atoms with Gasteiger partial charge in [0.25, 0.3) is 0 Å². The van der Waals surface area contributed by atoms with E-state index in [1.807, 2.05) is 0 Å². The van der Waals surface area contributed by atoms with E-state index in [9.17, 15) is 4.79 Å². The first-order chi connectivity index (χ1) is 8.06. The molecule has 1 aliphatic heterocycles. The van der Waals surface area contributed by atoms with Gasteiger partial charge < -0.3 is 10.0 Å². The molecule has 0 spiro atoms. The van der Waals surface area contributed by atoms with Gasteiger partial charge >= 0.3 is 5.97 Å². The van der Waals surface area contributed by atoms with Crippen LogP contribution in [0, 0.1) is 13.8 Å². The monoisotopic (exact) mass is 233 g/mol. The molecule has 0 radical (unpaired) electrons. The Morgan fingerprint density at radius 2 is 2.00 bits per heavy atom. The highest BCUT2D eigenvalue weighted by atomic mass is 16.4. The lowest BCUT2D eigenvalue weighted by Gasteiger charge is -2.26. The van der Waals surface area contributed by atoms with Gasteiger partial charge in [0.15, 0.2) is 0 Å². The van der Waals surface area contributed by atoms with E-state index in [1.54, 1.807) is 0 Å². The average Bonchev–Trinajstić information content (AvgIpc) is 2.63. The second-order valence-electron chi connectivity index (χ2n) is 4.93. The Labute approximate surface area is 102 Å². The highest BCUT2D eigenvalue weighted by molar-refractivity contribution is 5.69. The topological polar surface area (TPSA) is 40.5 Å². The molecule has 0 amide bonds. The zero-order valence-corrected chi connectivity index (χ0v) is 10.4. The first-order valence-electron chi connectivity index (χ1n) is 6.13. The molecule has 0 aromatic heterocycles. The summed E-state index contributed by atoms with van der Waals surface area (Å²) in [6, 6.07) is 6.60. The van der Waals surface area contributed by atoms with Gasteiger partial charge in [-0.3, -0.25) is 4.79 Å². The van der Waals surface area contributed by atoms with Crippen LogP contribution in [0.1, 0.15) is 30.4 Å². The Hall–Kier alpha value is -1.51. The maximum absolute atomic E-state index is 10.8. The first kappa shape index (κ1) is 12.0. The number of aliphatic carboxylic acids is 1. The quantitative estimate of drug-likeness (QED) is 0.872. The fraction of sp³-hybridized carbons (Fsp3) is 0.500. The maximum Gasteiger partial charge on any atom is 0.305 e. The Balaban J connectivity index is 2.22. The van der Waals surface area contributed by atoms with Gasteiger partial charge in [0, 0.05) is 18.3 Å². The number of benzene rings is 1. The summed E-state index contributed by atoms with van der Waals surface area (Å²) in [5.41, 5.74) is 3.65. The van der Waals surface area contributed by atoms with Crippen LogP contribution in [0.5, 0.6) is 0 Å². The van der Waals surface area contributed by atoms with Crippen molar-refractivity contribution in [1.82, 2.24) is 0 Å². The van der Waals surface area contributed by atoms with Gasteiger partial charge in [-0.15, -0.1) is 0 Å². The minimum absolute atomic E-state index is 0.161. The van der Waals surface area contributed by atoms with Crippen molar-refractivity contribution in [2.75, 3.05) is 11.4 Å². The minimum atomic E-state index is -0.703. The molecule has 1 fully saturated rings. The highest BCUT2D eigenvalue weighted by Crippen LogP contribution is 2.28. The zero-order chi connectivity index (χ0) is 12.4. The Kier molecular flexibility index (Phi) is 3.36. The normalized spacial score (nSPS) is 19.6. The summed E-state index contributed by atoms with van der Waals surface area (Å²) in [7, 11) is 0. The van der Waals surface area contributed by atoms with E-state index in [-0.39, 0.29) is 12.5 Å². The molecule has 1 aliphatic rings. The van der Waals surface area contributed by atoms with Crippen molar-refractivity contribution in [3.8, 4) is 0 Å². The minimum Gasteiger partial charge on any atom is -0.481 e. The van der Waals surface area contributed by atoms with Crippen LogP contribution in [0.25, 0.3) is 0 Å². The van der Waals surface area contributed by atoms with Gasteiger partial charge in [-0.25, -0.2) is 0 Å². The van der Waals surface area contributed by atoms with Crippen LogP contribution in [0.2, 0.25) is 0 Å². The van der Waals surface area contributed by atoms with Gasteiger partial charge in [0.2, 0.25) is 0 Å². The zero-order valence-electron chi connectivity index (χ0n) is 10.4. The summed E-state index contributed by atoms with van der Waals surface area (Å²) in [5, 5.41) is 8.92. The summed E-state index contributed by atoms with van der Waals surface area (Å²) >= 11 is 0. The highest BCUT2D eigenvalue weighted by Gasteiger charge is 2.26. The molecule has 0 saturated carbocycles. The van der Waals surface area contributed by atoms with Crippen LogP contribution in [-0.2, 0) is 4.79 Å². The summed E-state index contributed by atoms with van der Waals surface area (Å²) in [6.07, 6.45) is 2.32. The van der Waals surface area contributed by atoms with Crippen molar-refractivity contribution in [3.05, 3.63) is 29.3 Å². The predicted molar refractivity (Wildman–Crippen MR) is 68.5 cm³/mol. The summed E-state index contributed by atoms with van der Waals surface area (Å²) in [5.74, 6) is -0.703. The fourth-order valence-electron chi connectivity index (χ4n) is 2.71. The number of anilines is 1. The molecular weight excluding hydrogens is 214 g/mol. The van der Waals surface area contributed by atoms with Crippen molar-refractivity contribution in [3.63, 3.8) is 0 Å². The van der Waals surface area contributed by atoms with Gasteiger partial charge in [-0.1, -0.05) is 6.07 Å². The summed E-state index contributed by atoms with van der Waals surface area (Å²) in [6.45, 7) is 5.14. The van der Waals surface area contributed by atoms with Gasteiger partial charge in [-0.05, 0) is 49.9 Å². The van der Waals surface area contributed by atoms with Gasteiger partial charge in [-0.2, -0.15) is 0 Å². The Morgan fingerprint density at radius 1 is 1.35 bits per heavy atom. The third-order valence-corrected chi connectivity index (χ3v) is 3.33. The largest absolute Gasteiger partial charge is 0.481 e. The number of rotatable bonds is 3. The Morgan fingerprint density at radius 3 is 2.59 bits per heavy atom. The van der Waals surface area contributed by atoms with E-state index in [2.05, 4.69) is 36.9 Å². The van der Waals surface area contributed by atoms with E-state index in [0.717, 1.165) is 19.4 Å². The van der Waals surface area contributed by atoms with Crippen LogP contribution in [0.3, 0.4) is 0 Å². The standard InChI is InChI=1S/C14H19NO2/c1-10-6-11(2)8-13(7-10)15-5-3-4-12(15)9-14(16)17/h6-8,12H,3-5,9H2,1-2H3,(H,16,17). The van der Waals surface area contributed by atoms with E-state index >= 15 is 0 Å². The van der Waals surface area contributed by atoms with Gasteiger partial charge in [0.1, 0.15) is 0 Å². The molecule has 1 aromatic rings. The molecule has 92 valence electrons. The molecule has 1 N–H and O–H groups in total. The third kappa shape index (κ3) is 2.78. The van der Waals surface area contributed by atoms with Crippen molar-refractivity contribution < 1.29 is 9.90 Å². The van der Waals surface area contributed by atoms with Crippen LogP contribution in [-0.4, -0.2) is 23.7 Å². The van der Waals surface area contributed by atoms with E-state index in [1.165, 1.54) is 16.8 Å². The molecule has 0 bridgehead atoms. The lowest BCUT2D eigenvalue weighted by molar-refractivity contribution is -0.137. The van der Waals surface area contributed by atoms with E-state index in [0.29, 0.717) is 0 Å². The lowest BCUT2D eigenvalue weighted by Crippen LogP contribution is -2.31. The summed E-state index contributed by atoms with van der Waals surface area (Å²) in [4.78, 5) is 13.1. The second-order valence-corrected chi connectivity index (χ2v) is 4.93. The number of carbonyl (C=O) groups is 1. The molecule has 0 aliphatic carbocycles. The van der Waals surface area contributed by atoms with Gasteiger partial charge in [0.05, 0.1) is 6.42 Å². The molecule has 17 heavy (non-hydrogen) atoms. The van der Waals surface area contributed by atoms with E-state index < -0.39 is 5.97 Å². The fourth-order valence-corrected chi connectivity index (χ4v) is 2.71. The number of hydrogen-bond donors (Lipinski definition) is 1. The number of nitrogens with zero attached hydrogens (tertiary/aromatic N) is 1. The molecule has 1 aromatic carbocycles. The molecule has 1 unspecified atom stereocenters. The van der Waals surface area contributed by atoms with Crippen molar-refractivity contribution >= 4 is 11.7 Å². The van der Waals surface area contributed by atoms with E-state index in [4.69, 9.17) is 5.11 Å². The molecule has 1 saturated heterocycles. The van der Waals surface area contributed by atoms with Crippen molar-refractivity contribution in [2.24, 2.45) is 0 Å². The van der Waals surface area contributed by atoms with Crippen LogP contribution in [0.15, 0.2) is 18.2 Å². The Bertz CT molecular complexity index is 408. The molecule has 1 atom stereocenters. The SMILES string of the molecule is Cc1cc(C)cc(N2CCCC2CC(=O)O)c1. The third-order valence-electron chi connectivity index (χ3n) is 3.33. The molecule has 2 rings (SSSR count). The number of carboxylic acids is 1. The number of carboxylic acid groups (broad SMARTS) is 1. The average molecular weight is 233 g/mol. The van der Waals surface area contributed by atoms with Crippen LogP contribution in [0.4, 0.5) is 5.69 Å². The summed E-state index contributed by atoms with van der Waals surface area (Å²) < 4.78 is 0. The molecule has 1 heterocycles.